The Bertz CT molecular complexity index is 69.3. The molecule has 0 aromatic rings. The molecule has 2 radical (unpaired) electrons. The molecule has 56 valence electrons. The summed E-state index contributed by atoms with van der Waals surface area (Å²) in [6.45, 7) is 6.69. The second-order valence-corrected chi connectivity index (χ2v) is 3.06. The van der Waals surface area contributed by atoms with Crippen molar-refractivity contribution < 1.29 is 0 Å². The molecule has 0 aliphatic carbocycles. The first-order chi connectivity index (χ1) is 3.50. The summed E-state index contributed by atoms with van der Waals surface area (Å²) >= 11 is 0. The zero-order valence-electron chi connectivity index (χ0n) is 7.36. The quantitative estimate of drug-likeness (QED) is 0.641. The predicted octanol–water partition coefficient (Wildman–Crippen LogP) is 0.820. The van der Waals surface area contributed by atoms with Gasteiger partial charge < -0.3 is 4.90 Å². The summed E-state index contributed by atoms with van der Waals surface area (Å²) in [6.07, 6.45) is 1.21. The summed E-state index contributed by atoms with van der Waals surface area (Å²) in [7, 11) is 4.23. The molecule has 0 aromatic carbocycles. The molecule has 1 nitrogen and oxygen atoms in total. The fraction of sp³-hybridized carbons (Fsp3) is 1.00. The summed E-state index contributed by atoms with van der Waals surface area (Å²) in [4.78, 5) is 2.24. The zero-order valence-corrected chi connectivity index (χ0v) is 11.4. The van der Waals surface area contributed by atoms with Crippen LogP contribution in [0.4, 0.5) is 0 Å². The normalized spacial score (nSPS) is 11.3. The molecular weight excluding hydrogens is 217 g/mol. The van der Waals surface area contributed by atoms with Crippen LogP contribution in [-0.4, -0.2) is 48.4 Å². The fourth-order valence-electron chi connectivity index (χ4n) is 0.316. The van der Waals surface area contributed by atoms with E-state index in [0.29, 0.717) is 5.54 Å². The fourth-order valence-corrected chi connectivity index (χ4v) is 0.316. The molecular formula is C7H19NSn. The van der Waals surface area contributed by atoms with Crippen LogP contribution in [-0.2, 0) is 0 Å². The van der Waals surface area contributed by atoms with Crippen molar-refractivity contribution in [1.29, 1.82) is 0 Å². The van der Waals surface area contributed by atoms with Crippen molar-refractivity contribution >= 4 is 23.9 Å². The van der Waals surface area contributed by atoms with Crippen LogP contribution in [0.2, 0.25) is 0 Å². The van der Waals surface area contributed by atoms with Crippen LogP contribution in [0.5, 0.6) is 0 Å². The van der Waals surface area contributed by atoms with Gasteiger partial charge in [-0.3, -0.25) is 0 Å². The second-order valence-electron chi connectivity index (χ2n) is 3.06. The van der Waals surface area contributed by atoms with Gasteiger partial charge in [-0.05, 0) is 34.4 Å². The molecule has 0 N–H and O–H groups in total. The predicted molar refractivity (Wildman–Crippen MR) is 46.6 cm³/mol. The first-order valence-corrected chi connectivity index (χ1v) is 3.18. The average Bonchev–Trinajstić information content (AvgIpc) is 1.67. The van der Waals surface area contributed by atoms with E-state index in [1.54, 1.807) is 0 Å². The van der Waals surface area contributed by atoms with Gasteiger partial charge in [0.2, 0.25) is 0 Å². The van der Waals surface area contributed by atoms with Gasteiger partial charge in [-0.1, -0.05) is 6.92 Å². The van der Waals surface area contributed by atoms with Crippen molar-refractivity contribution in [2.75, 3.05) is 14.1 Å². The Morgan fingerprint density at radius 3 is 1.56 bits per heavy atom. The molecule has 0 unspecified atom stereocenters. The van der Waals surface area contributed by atoms with Gasteiger partial charge in [-0.25, -0.2) is 0 Å². The molecule has 0 fully saturated rings. The standard InChI is InChI=1S/C7H17N.Sn.2H/c1-6-7(2,3)8(4)5;;;/h6H2,1-5H3;;;. The summed E-state index contributed by atoms with van der Waals surface area (Å²) in [5.74, 6) is 0. The minimum atomic E-state index is 0. The third-order valence-electron chi connectivity index (χ3n) is 2.08. The van der Waals surface area contributed by atoms with E-state index in [2.05, 4.69) is 39.8 Å². The van der Waals surface area contributed by atoms with Gasteiger partial charge in [-0.2, -0.15) is 0 Å². The molecule has 0 aliphatic rings. The Hall–Kier alpha value is 0.759. The first-order valence-electron chi connectivity index (χ1n) is 3.18. The van der Waals surface area contributed by atoms with Crippen LogP contribution >= 0.6 is 0 Å². The first kappa shape index (κ1) is 12.4. The van der Waals surface area contributed by atoms with E-state index < -0.39 is 0 Å². The van der Waals surface area contributed by atoms with E-state index in [-0.39, 0.29) is 23.9 Å². The number of hydrogen-bond donors (Lipinski definition) is 0. The molecule has 0 heterocycles. The van der Waals surface area contributed by atoms with Crippen LogP contribution in [0.3, 0.4) is 0 Å². The molecule has 0 saturated carbocycles. The van der Waals surface area contributed by atoms with E-state index >= 15 is 0 Å². The Balaban J connectivity index is 0. The van der Waals surface area contributed by atoms with Gasteiger partial charge in [-0.15, -0.1) is 0 Å². The number of hydrogen-bond acceptors (Lipinski definition) is 1. The van der Waals surface area contributed by atoms with E-state index in [1.165, 1.54) is 6.42 Å². The van der Waals surface area contributed by atoms with E-state index in [4.69, 9.17) is 0 Å². The molecule has 0 rings (SSSR count). The molecule has 0 atom stereocenters. The van der Waals surface area contributed by atoms with Gasteiger partial charge in [0.15, 0.2) is 0 Å². The van der Waals surface area contributed by atoms with Crippen molar-refractivity contribution in [3.05, 3.63) is 0 Å². The Morgan fingerprint density at radius 1 is 1.22 bits per heavy atom. The average molecular weight is 236 g/mol. The Labute approximate surface area is 75.8 Å². The minimum absolute atomic E-state index is 0. The van der Waals surface area contributed by atoms with E-state index in [9.17, 15) is 0 Å². The summed E-state index contributed by atoms with van der Waals surface area (Å²) in [6, 6.07) is 0. The molecule has 9 heavy (non-hydrogen) atoms. The van der Waals surface area contributed by atoms with Crippen LogP contribution in [0, 0.1) is 0 Å². The molecule has 2 heteroatoms. The summed E-state index contributed by atoms with van der Waals surface area (Å²) < 4.78 is 0. The van der Waals surface area contributed by atoms with Gasteiger partial charge >= 0.3 is 23.9 Å². The Kier molecular flexibility index (Phi) is 6.29. The van der Waals surface area contributed by atoms with Crippen LogP contribution in [0.1, 0.15) is 27.2 Å². The van der Waals surface area contributed by atoms with E-state index in [0.717, 1.165) is 0 Å². The van der Waals surface area contributed by atoms with Crippen LogP contribution in [0.15, 0.2) is 0 Å². The van der Waals surface area contributed by atoms with E-state index in [1.807, 2.05) is 0 Å². The van der Waals surface area contributed by atoms with Crippen molar-refractivity contribution in [2.24, 2.45) is 0 Å². The molecule has 0 amide bonds. The SMILES string of the molecule is CCC(C)(C)N(C)C.[SnH2]. The maximum absolute atomic E-state index is 2.24. The Morgan fingerprint density at radius 2 is 1.56 bits per heavy atom. The molecule has 0 aliphatic heterocycles. The van der Waals surface area contributed by atoms with Gasteiger partial charge in [0.05, 0.1) is 0 Å². The molecule has 0 spiro atoms. The van der Waals surface area contributed by atoms with Crippen molar-refractivity contribution in [1.82, 2.24) is 4.90 Å². The number of rotatable bonds is 2. The summed E-state index contributed by atoms with van der Waals surface area (Å²) in [5.41, 5.74) is 0.375. The van der Waals surface area contributed by atoms with Crippen molar-refractivity contribution in [3.8, 4) is 0 Å². The second kappa shape index (κ2) is 4.56. The van der Waals surface area contributed by atoms with Crippen LogP contribution in [0.25, 0.3) is 0 Å². The number of nitrogens with zero attached hydrogens (tertiary/aromatic N) is 1. The van der Waals surface area contributed by atoms with Crippen molar-refractivity contribution in [2.45, 2.75) is 32.7 Å². The van der Waals surface area contributed by atoms with Crippen LogP contribution < -0.4 is 0 Å². The van der Waals surface area contributed by atoms with Gasteiger partial charge in [0, 0.05) is 5.54 Å². The topological polar surface area (TPSA) is 3.24 Å². The summed E-state index contributed by atoms with van der Waals surface area (Å²) in [5, 5.41) is 0. The third-order valence-corrected chi connectivity index (χ3v) is 2.08. The monoisotopic (exact) mass is 237 g/mol. The maximum atomic E-state index is 2.24. The molecule has 0 bridgehead atoms. The molecule has 0 saturated heterocycles. The zero-order chi connectivity index (χ0) is 6.78. The van der Waals surface area contributed by atoms with Gasteiger partial charge in [0.1, 0.15) is 0 Å². The van der Waals surface area contributed by atoms with Crippen molar-refractivity contribution in [3.63, 3.8) is 0 Å². The van der Waals surface area contributed by atoms with Gasteiger partial charge in [0.25, 0.3) is 0 Å². The molecule has 0 aromatic heterocycles. The third kappa shape index (κ3) is 4.20.